The molecule has 1 aliphatic rings. The highest BCUT2D eigenvalue weighted by molar-refractivity contribution is 6.06. The molecule has 1 heteroatoms. The van der Waals surface area contributed by atoms with Gasteiger partial charge >= 0.3 is 0 Å². The molecule has 0 saturated heterocycles. The van der Waals surface area contributed by atoms with Crippen LogP contribution in [0.2, 0.25) is 0 Å². The number of fused-ring (bicyclic) bond motifs is 6. The molecule has 0 N–H and O–H groups in total. The second kappa shape index (κ2) is 5.09. The van der Waals surface area contributed by atoms with Crippen molar-refractivity contribution in [1.82, 2.24) is 0 Å². The largest absolute Gasteiger partial charge is 0.456 e. The van der Waals surface area contributed by atoms with Gasteiger partial charge in [-0.25, -0.2) is 0 Å². The van der Waals surface area contributed by atoms with Crippen LogP contribution in [0.15, 0.2) is 89.3 Å². The van der Waals surface area contributed by atoms with Gasteiger partial charge < -0.3 is 4.42 Å². The summed E-state index contributed by atoms with van der Waals surface area (Å²) in [5.41, 5.74) is 9.98. The summed E-state index contributed by atoms with van der Waals surface area (Å²) in [4.78, 5) is 0. The number of hydrogen-bond acceptors (Lipinski definition) is 1. The third kappa shape index (κ3) is 1.91. The van der Waals surface area contributed by atoms with Crippen LogP contribution in [-0.4, -0.2) is 0 Å². The van der Waals surface area contributed by atoms with Gasteiger partial charge in [0, 0.05) is 10.8 Å². The molecule has 0 spiro atoms. The Morgan fingerprint density at radius 3 is 2.27 bits per heavy atom. The molecule has 0 aliphatic heterocycles. The average molecular weight is 332 g/mol. The molecule has 0 fully saturated rings. The maximum Gasteiger partial charge on any atom is 0.135 e. The molecule has 0 unspecified atom stereocenters. The predicted molar refractivity (Wildman–Crippen MR) is 107 cm³/mol. The summed E-state index contributed by atoms with van der Waals surface area (Å²) in [5, 5.41) is 2.36. The molecular weight excluding hydrogens is 316 g/mol. The van der Waals surface area contributed by atoms with Gasteiger partial charge in [-0.15, -0.1) is 0 Å². The van der Waals surface area contributed by atoms with Crippen molar-refractivity contribution in [3.63, 3.8) is 0 Å². The monoisotopic (exact) mass is 332 g/mol. The Kier molecular flexibility index (Phi) is 2.72. The highest BCUT2D eigenvalue weighted by atomic mass is 16.3. The molecule has 0 atom stereocenters. The molecule has 0 saturated carbocycles. The lowest BCUT2D eigenvalue weighted by molar-refractivity contribution is 0.669. The standard InChI is InChI=1S/C25H16O/c1-2-6-20-18(5-1)13-19-10-9-16(14-22(19)20)17-11-12-25-23(15-17)21-7-3-4-8-24(21)26-25/h1-12,14-15H,13H2. The maximum absolute atomic E-state index is 5.96. The zero-order valence-electron chi connectivity index (χ0n) is 14.2. The van der Waals surface area contributed by atoms with Crippen molar-refractivity contribution in [2.75, 3.05) is 0 Å². The molecule has 122 valence electrons. The zero-order valence-corrected chi connectivity index (χ0v) is 14.2. The highest BCUT2D eigenvalue weighted by Crippen LogP contribution is 2.39. The van der Waals surface area contributed by atoms with Crippen LogP contribution in [0, 0.1) is 0 Å². The molecule has 0 radical (unpaired) electrons. The Morgan fingerprint density at radius 2 is 1.27 bits per heavy atom. The summed E-state index contributed by atoms with van der Waals surface area (Å²) in [6.45, 7) is 0. The van der Waals surface area contributed by atoms with Crippen LogP contribution in [0.3, 0.4) is 0 Å². The van der Waals surface area contributed by atoms with E-state index in [0.717, 1.165) is 17.6 Å². The van der Waals surface area contributed by atoms with Gasteiger partial charge in [0.1, 0.15) is 11.2 Å². The lowest BCUT2D eigenvalue weighted by Crippen LogP contribution is -1.83. The third-order valence-electron chi connectivity index (χ3n) is 5.51. The van der Waals surface area contributed by atoms with Crippen molar-refractivity contribution in [2.45, 2.75) is 6.42 Å². The Morgan fingerprint density at radius 1 is 0.538 bits per heavy atom. The van der Waals surface area contributed by atoms with Crippen LogP contribution < -0.4 is 0 Å². The van der Waals surface area contributed by atoms with Gasteiger partial charge in [0.2, 0.25) is 0 Å². The SMILES string of the molecule is c1ccc2c(c1)Cc1ccc(-c3ccc4oc5ccccc5c4c3)cc1-2. The number of furan rings is 1. The lowest BCUT2D eigenvalue weighted by Gasteiger charge is -2.06. The van der Waals surface area contributed by atoms with Crippen LogP contribution in [0.4, 0.5) is 0 Å². The second-order valence-electron chi connectivity index (χ2n) is 7.02. The first-order valence-electron chi connectivity index (χ1n) is 9.00. The molecule has 6 rings (SSSR count). The third-order valence-corrected chi connectivity index (χ3v) is 5.51. The predicted octanol–water partition coefficient (Wildman–Crippen LogP) is 6.82. The molecular formula is C25H16O. The summed E-state index contributed by atoms with van der Waals surface area (Å²) in [6, 6.07) is 30.3. The minimum absolute atomic E-state index is 0.946. The van der Waals surface area contributed by atoms with Crippen molar-refractivity contribution in [2.24, 2.45) is 0 Å². The number of para-hydroxylation sites is 1. The van der Waals surface area contributed by atoms with E-state index in [0.29, 0.717) is 0 Å². The van der Waals surface area contributed by atoms with Gasteiger partial charge in [0.15, 0.2) is 0 Å². The first kappa shape index (κ1) is 13.9. The van der Waals surface area contributed by atoms with Gasteiger partial charge in [-0.3, -0.25) is 0 Å². The fourth-order valence-electron chi connectivity index (χ4n) is 4.21. The summed E-state index contributed by atoms with van der Waals surface area (Å²) in [5.74, 6) is 0. The average Bonchev–Trinajstić information content (AvgIpc) is 3.25. The van der Waals surface area contributed by atoms with Crippen molar-refractivity contribution < 1.29 is 4.42 Å². The molecule has 26 heavy (non-hydrogen) atoms. The topological polar surface area (TPSA) is 13.1 Å². The van der Waals surface area contributed by atoms with E-state index in [9.17, 15) is 0 Å². The summed E-state index contributed by atoms with van der Waals surface area (Å²) in [6.07, 6.45) is 1.04. The quantitative estimate of drug-likeness (QED) is 0.322. The van der Waals surface area contributed by atoms with Crippen molar-refractivity contribution in [3.05, 3.63) is 96.1 Å². The summed E-state index contributed by atoms with van der Waals surface area (Å²) >= 11 is 0. The Bertz CT molecular complexity index is 1310. The first-order chi connectivity index (χ1) is 12.9. The smallest absolute Gasteiger partial charge is 0.135 e. The molecule has 1 heterocycles. The molecule has 1 nitrogen and oxygen atoms in total. The van der Waals surface area contributed by atoms with E-state index >= 15 is 0 Å². The summed E-state index contributed by atoms with van der Waals surface area (Å²) in [7, 11) is 0. The van der Waals surface area contributed by atoms with Crippen molar-refractivity contribution in [3.8, 4) is 22.3 Å². The van der Waals surface area contributed by atoms with Gasteiger partial charge in [-0.05, 0) is 64.1 Å². The van der Waals surface area contributed by atoms with Crippen LogP contribution >= 0.6 is 0 Å². The van der Waals surface area contributed by atoms with E-state index in [-0.39, 0.29) is 0 Å². The normalized spacial score (nSPS) is 12.5. The van der Waals surface area contributed by atoms with Crippen molar-refractivity contribution in [1.29, 1.82) is 0 Å². The molecule has 4 aromatic carbocycles. The van der Waals surface area contributed by atoms with E-state index in [1.807, 2.05) is 12.1 Å². The summed E-state index contributed by atoms with van der Waals surface area (Å²) < 4.78 is 5.96. The molecule has 0 bridgehead atoms. The van der Waals surface area contributed by atoms with Crippen LogP contribution in [0.1, 0.15) is 11.1 Å². The van der Waals surface area contributed by atoms with Gasteiger partial charge in [0.25, 0.3) is 0 Å². The highest BCUT2D eigenvalue weighted by Gasteiger charge is 2.18. The Hall–Kier alpha value is -3.32. The minimum Gasteiger partial charge on any atom is -0.456 e. The van der Waals surface area contributed by atoms with Crippen molar-refractivity contribution >= 4 is 21.9 Å². The number of rotatable bonds is 1. The van der Waals surface area contributed by atoms with Gasteiger partial charge in [-0.2, -0.15) is 0 Å². The lowest BCUT2D eigenvalue weighted by atomic mass is 9.97. The minimum atomic E-state index is 0.946. The van der Waals surface area contributed by atoms with E-state index in [4.69, 9.17) is 4.42 Å². The molecule has 1 aliphatic carbocycles. The maximum atomic E-state index is 5.96. The van der Waals surface area contributed by atoms with Gasteiger partial charge in [0.05, 0.1) is 0 Å². The second-order valence-corrected chi connectivity index (χ2v) is 7.02. The van der Waals surface area contributed by atoms with Crippen LogP contribution in [-0.2, 0) is 6.42 Å². The van der Waals surface area contributed by atoms with E-state index in [1.165, 1.54) is 44.2 Å². The number of hydrogen-bond donors (Lipinski definition) is 0. The van der Waals surface area contributed by atoms with Crippen LogP contribution in [0.5, 0.6) is 0 Å². The van der Waals surface area contributed by atoms with E-state index in [2.05, 4.69) is 72.8 Å². The molecule has 0 amide bonds. The Balaban J connectivity index is 1.55. The zero-order chi connectivity index (χ0) is 17.1. The number of benzene rings is 4. The molecule has 5 aromatic rings. The molecule has 1 aromatic heterocycles. The van der Waals surface area contributed by atoms with Crippen LogP contribution in [0.25, 0.3) is 44.2 Å². The fraction of sp³-hybridized carbons (Fsp3) is 0.0400. The van der Waals surface area contributed by atoms with Gasteiger partial charge in [-0.1, -0.05) is 60.7 Å². The fourth-order valence-corrected chi connectivity index (χ4v) is 4.21. The van der Waals surface area contributed by atoms with E-state index < -0.39 is 0 Å². The Labute approximate surface area is 151 Å². The first-order valence-corrected chi connectivity index (χ1v) is 9.00. The van der Waals surface area contributed by atoms with E-state index in [1.54, 1.807) is 0 Å².